The molecule has 0 unspecified atom stereocenters. The molecule has 1 saturated heterocycles. The number of benzene rings is 2. The standard InChI is InChI=1S/C24H26N4O2.ClH/c1-17-5-7-19-20(25-17)3-2-4-22(19)28-13-11-27(12-14-28)10-9-18-6-8-23-21(15-18)26-24(29)16-30-23;/h2-8,15H,9-14,16H2,1H3,(H,26,29);1H. The molecule has 3 heterocycles. The molecule has 6 nitrogen and oxygen atoms in total. The molecule has 1 fully saturated rings. The van der Waals surface area contributed by atoms with Crippen LogP contribution in [0.1, 0.15) is 11.3 Å². The predicted octanol–water partition coefficient (Wildman–Crippen LogP) is 3.66. The van der Waals surface area contributed by atoms with E-state index in [0.29, 0.717) is 0 Å². The third-order valence-corrected chi connectivity index (χ3v) is 5.95. The molecule has 1 aromatic heterocycles. The Morgan fingerprint density at radius 1 is 1.06 bits per heavy atom. The van der Waals surface area contributed by atoms with Crippen LogP contribution in [-0.2, 0) is 11.2 Å². The van der Waals surface area contributed by atoms with Crippen molar-refractivity contribution < 1.29 is 9.53 Å². The van der Waals surface area contributed by atoms with E-state index in [2.05, 4.69) is 56.5 Å². The highest BCUT2D eigenvalue weighted by molar-refractivity contribution is 5.95. The van der Waals surface area contributed by atoms with Crippen LogP contribution in [0.5, 0.6) is 5.75 Å². The van der Waals surface area contributed by atoms with Crippen molar-refractivity contribution in [2.75, 3.05) is 49.5 Å². The van der Waals surface area contributed by atoms with Gasteiger partial charge in [-0.05, 0) is 55.3 Å². The van der Waals surface area contributed by atoms with E-state index in [1.807, 2.05) is 19.1 Å². The summed E-state index contributed by atoms with van der Waals surface area (Å²) in [6.45, 7) is 7.26. The summed E-state index contributed by atoms with van der Waals surface area (Å²) in [5.41, 5.74) is 5.41. The Morgan fingerprint density at radius 3 is 2.74 bits per heavy atom. The maximum Gasteiger partial charge on any atom is 0.262 e. The Bertz CT molecular complexity index is 1100. The smallest absolute Gasteiger partial charge is 0.262 e. The minimum Gasteiger partial charge on any atom is -0.482 e. The molecule has 0 radical (unpaired) electrons. The lowest BCUT2D eigenvalue weighted by atomic mass is 10.1. The van der Waals surface area contributed by atoms with E-state index < -0.39 is 0 Å². The normalized spacial score (nSPS) is 16.3. The van der Waals surface area contributed by atoms with E-state index in [0.717, 1.165) is 61.8 Å². The van der Waals surface area contributed by atoms with Crippen LogP contribution >= 0.6 is 12.4 Å². The minimum absolute atomic E-state index is 0. The van der Waals surface area contributed by atoms with E-state index in [1.54, 1.807) is 0 Å². The zero-order valence-corrected chi connectivity index (χ0v) is 18.5. The van der Waals surface area contributed by atoms with Gasteiger partial charge in [-0.2, -0.15) is 0 Å². The quantitative estimate of drug-likeness (QED) is 0.673. The fourth-order valence-electron chi connectivity index (χ4n) is 4.30. The zero-order valence-electron chi connectivity index (χ0n) is 17.6. The number of aromatic nitrogens is 1. The van der Waals surface area contributed by atoms with Crippen molar-refractivity contribution in [1.82, 2.24) is 9.88 Å². The molecule has 0 aliphatic carbocycles. The minimum atomic E-state index is -0.0884. The molecule has 31 heavy (non-hydrogen) atoms. The van der Waals surface area contributed by atoms with E-state index in [4.69, 9.17) is 4.74 Å². The highest BCUT2D eigenvalue weighted by Crippen LogP contribution is 2.29. The van der Waals surface area contributed by atoms with Gasteiger partial charge in [-0.25, -0.2) is 0 Å². The van der Waals surface area contributed by atoms with Gasteiger partial charge in [-0.3, -0.25) is 14.7 Å². The number of carbonyl (C=O) groups is 1. The molecule has 5 rings (SSSR count). The van der Waals surface area contributed by atoms with Gasteiger partial charge >= 0.3 is 0 Å². The number of halogens is 1. The lowest BCUT2D eigenvalue weighted by Gasteiger charge is -2.36. The third kappa shape index (κ3) is 4.60. The summed E-state index contributed by atoms with van der Waals surface area (Å²) in [5.74, 6) is 0.668. The second-order valence-corrected chi connectivity index (χ2v) is 8.04. The Morgan fingerprint density at radius 2 is 1.90 bits per heavy atom. The fourth-order valence-corrected chi connectivity index (χ4v) is 4.30. The number of fused-ring (bicyclic) bond motifs is 2. The van der Waals surface area contributed by atoms with Crippen molar-refractivity contribution in [2.45, 2.75) is 13.3 Å². The molecule has 1 N–H and O–H groups in total. The van der Waals surface area contributed by atoms with Crippen molar-refractivity contribution >= 4 is 40.6 Å². The number of carbonyl (C=O) groups excluding carboxylic acids is 1. The molecule has 7 heteroatoms. The molecule has 2 aliphatic heterocycles. The first-order chi connectivity index (χ1) is 14.7. The molecule has 162 valence electrons. The van der Waals surface area contributed by atoms with Crippen LogP contribution in [0, 0.1) is 6.92 Å². The van der Waals surface area contributed by atoms with Crippen LogP contribution in [0.3, 0.4) is 0 Å². The monoisotopic (exact) mass is 438 g/mol. The summed E-state index contributed by atoms with van der Waals surface area (Å²) >= 11 is 0. The lowest BCUT2D eigenvalue weighted by molar-refractivity contribution is -0.118. The molecule has 0 saturated carbocycles. The SMILES string of the molecule is Cc1ccc2c(N3CCN(CCc4ccc5c(c4)NC(=O)CO5)CC3)cccc2n1.Cl. The molecule has 2 aliphatic rings. The maximum atomic E-state index is 11.5. The molecule has 0 atom stereocenters. The number of nitrogens with one attached hydrogen (secondary N) is 1. The van der Waals surface area contributed by atoms with Gasteiger partial charge in [0.05, 0.1) is 11.2 Å². The van der Waals surface area contributed by atoms with Crippen molar-refractivity contribution in [3.63, 3.8) is 0 Å². The summed E-state index contributed by atoms with van der Waals surface area (Å²) in [7, 11) is 0. The van der Waals surface area contributed by atoms with E-state index in [-0.39, 0.29) is 24.9 Å². The largest absolute Gasteiger partial charge is 0.482 e. The van der Waals surface area contributed by atoms with Crippen LogP contribution in [0.4, 0.5) is 11.4 Å². The van der Waals surface area contributed by atoms with E-state index >= 15 is 0 Å². The molecule has 0 spiro atoms. The second kappa shape index (κ2) is 9.12. The molecular formula is C24H27ClN4O2. The van der Waals surface area contributed by atoms with Gasteiger partial charge in [-0.1, -0.05) is 12.1 Å². The number of nitrogens with zero attached hydrogens (tertiary/aromatic N) is 3. The van der Waals surface area contributed by atoms with Gasteiger partial charge in [-0.15, -0.1) is 12.4 Å². The number of hydrogen-bond acceptors (Lipinski definition) is 5. The summed E-state index contributed by atoms with van der Waals surface area (Å²) in [6.07, 6.45) is 0.959. The number of hydrogen-bond donors (Lipinski definition) is 1. The number of piperazine rings is 1. The first kappa shape index (κ1) is 21.4. The number of anilines is 2. The van der Waals surface area contributed by atoms with Gasteiger partial charge < -0.3 is 15.0 Å². The van der Waals surface area contributed by atoms with Crippen molar-refractivity contribution in [3.8, 4) is 5.75 Å². The first-order valence-corrected chi connectivity index (χ1v) is 10.5. The second-order valence-electron chi connectivity index (χ2n) is 8.04. The van der Waals surface area contributed by atoms with Crippen molar-refractivity contribution in [1.29, 1.82) is 0 Å². The number of ether oxygens (including phenoxy) is 1. The molecule has 3 aromatic rings. The number of pyridine rings is 1. The number of aryl methyl sites for hydroxylation is 1. The molecule has 1 amide bonds. The lowest BCUT2D eigenvalue weighted by Crippen LogP contribution is -2.47. The van der Waals surface area contributed by atoms with Crippen molar-refractivity contribution in [2.24, 2.45) is 0 Å². The summed E-state index contributed by atoms with van der Waals surface area (Å²) in [6, 6.07) is 16.8. The average Bonchev–Trinajstić information content (AvgIpc) is 2.77. The fraction of sp³-hybridized carbons (Fsp3) is 0.333. The van der Waals surface area contributed by atoms with Gasteiger partial charge in [0, 0.05) is 49.5 Å². The van der Waals surface area contributed by atoms with Crippen molar-refractivity contribution in [3.05, 3.63) is 59.8 Å². The van der Waals surface area contributed by atoms with Gasteiger partial charge in [0.15, 0.2) is 6.61 Å². The van der Waals surface area contributed by atoms with Gasteiger partial charge in [0.25, 0.3) is 5.91 Å². The average molecular weight is 439 g/mol. The highest BCUT2D eigenvalue weighted by atomic mass is 35.5. The summed E-state index contributed by atoms with van der Waals surface area (Å²) in [4.78, 5) is 21.2. The third-order valence-electron chi connectivity index (χ3n) is 5.95. The topological polar surface area (TPSA) is 57.7 Å². The van der Waals surface area contributed by atoms with Crippen LogP contribution in [-0.4, -0.2) is 55.1 Å². The number of amides is 1. The van der Waals surface area contributed by atoms with E-state index in [9.17, 15) is 4.79 Å². The van der Waals surface area contributed by atoms with Crippen LogP contribution in [0.2, 0.25) is 0 Å². The predicted molar refractivity (Wildman–Crippen MR) is 127 cm³/mol. The Hall–Kier alpha value is -2.83. The van der Waals surface area contributed by atoms with Crippen LogP contribution < -0.4 is 15.0 Å². The molecular weight excluding hydrogens is 412 g/mol. The number of rotatable bonds is 4. The molecule has 0 bridgehead atoms. The summed E-state index contributed by atoms with van der Waals surface area (Å²) in [5, 5.41) is 4.12. The Labute approximate surface area is 188 Å². The summed E-state index contributed by atoms with van der Waals surface area (Å²) < 4.78 is 5.44. The first-order valence-electron chi connectivity index (χ1n) is 10.5. The van der Waals surface area contributed by atoms with Crippen LogP contribution in [0.15, 0.2) is 48.5 Å². The van der Waals surface area contributed by atoms with Gasteiger partial charge in [0.2, 0.25) is 0 Å². The zero-order chi connectivity index (χ0) is 20.5. The van der Waals surface area contributed by atoms with E-state index in [1.165, 1.54) is 16.6 Å². The molecule has 2 aromatic carbocycles. The maximum absolute atomic E-state index is 11.5. The highest BCUT2D eigenvalue weighted by Gasteiger charge is 2.20. The van der Waals surface area contributed by atoms with Crippen LogP contribution in [0.25, 0.3) is 10.9 Å². The van der Waals surface area contributed by atoms with Gasteiger partial charge in [0.1, 0.15) is 5.75 Å². The Kier molecular flexibility index (Phi) is 6.30. The Balaban J connectivity index is 0.00000231.